The highest BCUT2D eigenvalue weighted by atomic mass is 35.5. The lowest BCUT2D eigenvalue weighted by Gasteiger charge is -2.10. The van der Waals surface area contributed by atoms with Gasteiger partial charge in [-0.1, -0.05) is 11.6 Å². The number of carbonyl (C=O) groups excluding carboxylic acids is 1. The maximum Gasteiger partial charge on any atom is 0.338 e. The van der Waals surface area contributed by atoms with Crippen LogP contribution in [0.5, 0.6) is 0 Å². The molecular weight excluding hydrogens is 370 g/mol. The minimum absolute atomic E-state index is 0.000160. The zero-order valence-corrected chi connectivity index (χ0v) is 15.3. The summed E-state index contributed by atoms with van der Waals surface area (Å²) >= 11 is 6.22. The van der Waals surface area contributed by atoms with Gasteiger partial charge in [0.25, 0.3) is 0 Å². The Balaban J connectivity index is 1.96. The van der Waals surface area contributed by atoms with Gasteiger partial charge in [0, 0.05) is 30.7 Å². The lowest BCUT2D eigenvalue weighted by Crippen LogP contribution is -2.11. The molecule has 0 bridgehead atoms. The van der Waals surface area contributed by atoms with E-state index in [0.717, 1.165) is 5.56 Å². The molecule has 0 saturated carbocycles. The van der Waals surface area contributed by atoms with Gasteiger partial charge in [-0.2, -0.15) is 0 Å². The Morgan fingerprint density at radius 3 is 2.63 bits per heavy atom. The Kier molecular flexibility index (Phi) is 4.83. The van der Waals surface area contributed by atoms with Crippen LogP contribution in [0.4, 0.5) is 11.6 Å². The van der Waals surface area contributed by atoms with Crippen LogP contribution in [0.3, 0.4) is 0 Å². The van der Waals surface area contributed by atoms with Gasteiger partial charge in [-0.15, -0.1) is 0 Å². The second-order valence-corrected chi connectivity index (χ2v) is 6.28. The average molecular weight is 386 g/mol. The molecule has 0 unspecified atom stereocenters. The third kappa shape index (κ3) is 3.61. The van der Waals surface area contributed by atoms with Crippen molar-refractivity contribution in [1.29, 1.82) is 0 Å². The lowest BCUT2D eigenvalue weighted by molar-refractivity contribution is 0.0697. The fourth-order valence-electron chi connectivity index (χ4n) is 2.67. The largest absolute Gasteiger partial charge is 0.478 e. The molecule has 0 atom stereocenters. The molecular formula is C18H16ClN5O3. The van der Waals surface area contributed by atoms with Gasteiger partial charge in [0.15, 0.2) is 0 Å². The molecule has 2 aromatic heterocycles. The topological polar surface area (TPSA) is 123 Å². The van der Waals surface area contributed by atoms with Crippen molar-refractivity contribution in [2.75, 3.05) is 5.32 Å². The Hall–Kier alpha value is -3.39. The first-order valence-corrected chi connectivity index (χ1v) is 8.24. The summed E-state index contributed by atoms with van der Waals surface area (Å²) in [5, 5.41) is 12.4. The van der Waals surface area contributed by atoms with Gasteiger partial charge >= 0.3 is 5.97 Å². The number of primary amides is 1. The van der Waals surface area contributed by atoms with Crippen LogP contribution in [0.25, 0.3) is 11.4 Å². The Labute approximate surface area is 159 Å². The minimum Gasteiger partial charge on any atom is -0.478 e. The number of amides is 1. The first-order valence-electron chi connectivity index (χ1n) is 7.87. The molecule has 1 aromatic carbocycles. The summed E-state index contributed by atoms with van der Waals surface area (Å²) < 4.78 is 1.60. The smallest absolute Gasteiger partial charge is 0.338 e. The number of aromatic nitrogens is 3. The van der Waals surface area contributed by atoms with Gasteiger partial charge in [-0.25, -0.2) is 14.8 Å². The molecule has 0 saturated heterocycles. The highest BCUT2D eigenvalue weighted by Crippen LogP contribution is 2.31. The zero-order valence-electron chi connectivity index (χ0n) is 14.5. The van der Waals surface area contributed by atoms with E-state index in [4.69, 9.17) is 17.3 Å². The van der Waals surface area contributed by atoms with Crippen LogP contribution in [0.2, 0.25) is 5.02 Å². The minimum atomic E-state index is -1.11. The number of hydrogen-bond donors (Lipinski definition) is 3. The van der Waals surface area contributed by atoms with Crippen LogP contribution in [-0.2, 0) is 7.05 Å². The number of benzene rings is 1. The highest BCUT2D eigenvalue weighted by molar-refractivity contribution is 6.36. The van der Waals surface area contributed by atoms with E-state index in [9.17, 15) is 14.7 Å². The van der Waals surface area contributed by atoms with E-state index >= 15 is 0 Å². The number of carbonyl (C=O) groups is 2. The number of halogens is 1. The van der Waals surface area contributed by atoms with E-state index < -0.39 is 11.9 Å². The standard InChI is InChI=1S/C18H16ClN5O3/c1-9-7-10(16(20)25)3-4-12(9)22-18-21-6-5-13(23-18)15-14(19)11(17(26)27)8-24(15)2/h3-8H,1-2H3,(H2,20,25)(H,26,27)(H,21,22,23). The summed E-state index contributed by atoms with van der Waals surface area (Å²) in [6.07, 6.45) is 2.98. The molecule has 9 heteroatoms. The van der Waals surface area contributed by atoms with Crippen molar-refractivity contribution in [2.24, 2.45) is 12.8 Å². The predicted molar refractivity (Wildman–Crippen MR) is 101 cm³/mol. The van der Waals surface area contributed by atoms with Crippen LogP contribution < -0.4 is 11.1 Å². The number of aromatic carboxylic acids is 1. The van der Waals surface area contributed by atoms with Gasteiger partial charge in [0.05, 0.1) is 22.0 Å². The molecule has 3 rings (SSSR count). The number of carboxylic acids is 1. The van der Waals surface area contributed by atoms with Crippen molar-refractivity contribution in [1.82, 2.24) is 14.5 Å². The Morgan fingerprint density at radius 1 is 1.30 bits per heavy atom. The van der Waals surface area contributed by atoms with Crippen LogP contribution in [0, 0.1) is 6.92 Å². The van der Waals surface area contributed by atoms with Crippen LogP contribution in [-0.4, -0.2) is 31.5 Å². The first kappa shape index (κ1) is 18.4. The van der Waals surface area contributed by atoms with Gasteiger partial charge in [0.1, 0.15) is 0 Å². The van der Waals surface area contributed by atoms with Crippen molar-refractivity contribution < 1.29 is 14.7 Å². The van der Waals surface area contributed by atoms with Gasteiger partial charge in [0.2, 0.25) is 11.9 Å². The van der Waals surface area contributed by atoms with E-state index in [-0.39, 0.29) is 10.6 Å². The number of nitrogens with two attached hydrogens (primary N) is 1. The number of anilines is 2. The fourth-order valence-corrected chi connectivity index (χ4v) is 3.03. The summed E-state index contributed by atoms with van der Waals surface area (Å²) in [4.78, 5) is 31.1. The maximum atomic E-state index is 11.3. The van der Waals surface area contributed by atoms with Crippen LogP contribution in [0.15, 0.2) is 36.7 Å². The van der Waals surface area contributed by atoms with Crippen molar-refractivity contribution in [3.63, 3.8) is 0 Å². The summed E-state index contributed by atoms with van der Waals surface area (Å²) in [6.45, 7) is 1.83. The molecule has 1 amide bonds. The van der Waals surface area contributed by atoms with E-state index in [1.165, 1.54) is 6.20 Å². The number of hydrogen-bond acceptors (Lipinski definition) is 5. The van der Waals surface area contributed by atoms with Crippen molar-refractivity contribution in [2.45, 2.75) is 6.92 Å². The van der Waals surface area contributed by atoms with E-state index in [1.54, 1.807) is 42.1 Å². The zero-order chi connectivity index (χ0) is 19.7. The monoisotopic (exact) mass is 385 g/mol. The molecule has 8 nitrogen and oxygen atoms in total. The van der Waals surface area contributed by atoms with Crippen LogP contribution >= 0.6 is 11.6 Å². The SMILES string of the molecule is Cc1cc(C(N)=O)ccc1Nc1nccc(-c2c(Cl)c(C(=O)O)cn2C)n1. The molecule has 0 radical (unpaired) electrons. The molecule has 4 N–H and O–H groups in total. The molecule has 0 aliphatic heterocycles. The van der Waals surface area contributed by atoms with E-state index in [0.29, 0.717) is 28.6 Å². The van der Waals surface area contributed by atoms with Gasteiger partial charge in [-0.3, -0.25) is 4.79 Å². The molecule has 27 heavy (non-hydrogen) atoms. The normalized spacial score (nSPS) is 10.6. The molecule has 0 aliphatic carbocycles. The molecule has 0 spiro atoms. The second-order valence-electron chi connectivity index (χ2n) is 5.91. The van der Waals surface area contributed by atoms with Gasteiger partial charge < -0.3 is 20.7 Å². The Bertz CT molecular complexity index is 1060. The average Bonchev–Trinajstić information content (AvgIpc) is 2.91. The number of carboxylic acid groups (broad SMARTS) is 1. The quantitative estimate of drug-likeness (QED) is 0.620. The molecule has 2 heterocycles. The summed E-state index contributed by atoms with van der Waals surface area (Å²) in [5.41, 5.74) is 8.14. The van der Waals surface area contributed by atoms with E-state index in [1.807, 2.05) is 6.92 Å². The predicted octanol–water partition coefficient (Wildman–Crippen LogP) is 2.98. The molecule has 0 aliphatic rings. The third-order valence-corrected chi connectivity index (χ3v) is 4.39. The summed E-state index contributed by atoms with van der Waals surface area (Å²) in [6, 6.07) is 6.63. The highest BCUT2D eigenvalue weighted by Gasteiger charge is 2.20. The Morgan fingerprint density at radius 2 is 2.04 bits per heavy atom. The van der Waals surface area contributed by atoms with Crippen molar-refractivity contribution in [3.05, 3.63) is 58.4 Å². The maximum absolute atomic E-state index is 11.3. The van der Waals surface area contributed by atoms with Gasteiger partial charge in [-0.05, 0) is 36.8 Å². The number of rotatable bonds is 5. The van der Waals surface area contributed by atoms with Crippen molar-refractivity contribution in [3.8, 4) is 11.4 Å². The molecule has 0 fully saturated rings. The molecule has 138 valence electrons. The second kappa shape index (κ2) is 7.08. The molecule has 3 aromatic rings. The summed E-state index contributed by atoms with van der Waals surface area (Å²) in [7, 11) is 1.69. The van der Waals surface area contributed by atoms with Crippen LogP contribution in [0.1, 0.15) is 26.3 Å². The lowest BCUT2D eigenvalue weighted by atomic mass is 10.1. The number of nitrogens with one attached hydrogen (secondary N) is 1. The number of nitrogens with zero attached hydrogens (tertiary/aromatic N) is 3. The first-order chi connectivity index (χ1) is 12.8. The third-order valence-electron chi connectivity index (χ3n) is 4.01. The summed E-state index contributed by atoms with van der Waals surface area (Å²) in [5.74, 6) is -1.31. The number of aryl methyl sites for hydroxylation is 2. The fraction of sp³-hybridized carbons (Fsp3) is 0.111. The van der Waals surface area contributed by atoms with E-state index in [2.05, 4.69) is 15.3 Å². The van der Waals surface area contributed by atoms with Crippen molar-refractivity contribution >= 4 is 35.1 Å².